The molecule has 1 aliphatic heterocycles. The van der Waals surface area contributed by atoms with Gasteiger partial charge in [-0.1, -0.05) is 24.8 Å². The second kappa shape index (κ2) is 6.60. The number of nitrogens with one attached hydrogen (secondary N) is 1. The van der Waals surface area contributed by atoms with Crippen LogP contribution in [0, 0.1) is 5.92 Å². The topological polar surface area (TPSA) is 21.3 Å². The Labute approximate surface area is 110 Å². The molecule has 1 atom stereocenters. The highest BCUT2D eigenvalue weighted by atomic mass is 16.5. The zero-order valence-corrected chi connectivity index (χ0v) is 11.2. The van der Waals surface area contributed by atoms with Crippen molar-refractivity contribution in [3.63, 3.8) is 0 Å². The highest BCUT2D eigenvalue weighted by Crippen LogP contribution is 2.24. The van der Waals surface area contributed by atoms with E-state index >= 15 is 0 Å². The first kappa shape index (κ1) is 13.2. The van der Waals surface area contributed by atoms with Crippen LogP contribution in [0.25, 0.3) is 0 Å². The van der Waals surface area contributed by atoms with E-state index < -0.39 is 0 Å². The van der Waals surface area contributed by atoms with Crippen molar-refractivity contribution in [2.75, 3.05) is 19.7 Å². The average molecular weight is 245 g/mol. The molecule has 1 heterocycles. The van der Waals surface area contributed by atoms with Crippen LogP contribution in [-0.4, -0.2) is 19.7 Å². The first-order valence-electron chi connectivity index (χ1n) is 6.81. The molecule has 0 aromatic heterocycles. The quantitative estimate of drug-likeness (QED) is 0.804. The Morgan fingerprint density at radius 3 is 3.00 bits per heavy atom. The molecule has 1 fully saturated rings. The molecule has 2 nitrogen and oxygen atoms in total. The predicted molar refractivity (Wildman–Crippen MR) is 76.0 cm³/mol. The van der Waals surface area contributed by atoms with E-state index in [0.717, 1.165) is 30.2 Å². The summed E-state index contributed by atoms with van der Waals surface area (Å²) in [6.45, 7) is 8.79. The number of hydrogen-bond acceptors (Lipinski definition) is 2. The monoisotopic (exact) mass is 245 g/mol. The lowest BCUT2D eigenvalue weighted by Crippen LogP contribution is -2.30. The second-order valence-corrected chi connectivity index (χ2v) is 5.27. The Kier molecular flexibility index (Phi) is 4.82. The predicted octanol–water partition coefficient (Wildman–Crippen LogP) is 3.18. The van der Waals surface area contributed by atoms with E-state index in [0.29, 0.717) is 6.61 Å². The molecule has 98 valence electrons. The van der Waals surface area contributed by atoms with Gasteiger partial charge < -0.3 is 10.1 Å². The van der Waals surface area contributed by atoms with Crippen molar-refractivity contribution in [2.45, 2.75) is 26.2 Å². The number of benzene rings is 1. The lowest BCUT2D eigenvalue weighted by molar-refractivity contribution is 0.337. The molecular weight excluding hydrogens is 222 g/mol. The summed E-state index contributed by atoms with van der Waals surface area (Å²) in [5.41, 5.74) is 2.39. The van der Waals surface area contributed by atoms with Crippen LogP contribution in [0.15, 0.2) is 36.4 Å². The van der Waals surface area contributed by atoms with Gasteiger partial charge >= 0.3 is 0 Å². The number of hydrogen-bond donors (Lipinski definition) is 1. The number of rotatable bonds is 5. The minimum Gasteiger partial charge on any atom is -0.489 e. The van der Waals surface area contributed by atoms with E-state index in [9.17, 15) is 0 Å². The van der Waals surface area contributed by atoms with Gasteiger partial charge in [0.1, 0.15) is 12.4 Å². The molecule has 0 amide bonds. The molecule has 0 radical (unpaired) electrons. The molecular formula is C16H23NO. The van der Waals surface area contributed by atoms with Crippen LogP contribution in [-0.2, 0) is 6.42 Å². The maximum Gasteiger partial charge on any atom is 0.122 e. The molecule has 1 N–H and O–H groups in total. The number of piperidine rings is 1. The first-order chi connectivity index (χ1) is 8.75. The van der Waals surface area contributed by atoms with Crippen LogP contribution >= 0.6 is 0 Å². The van der Waals surface area contributed by atoms with Crippen LogP contribution in [0.1, 0.15) is 25.3 Å². The molecule has 0 saturated carbocycles. The van der Waals surface area contributed by atoms with E-state index in [1.165, 1.54) is 24.9 Å². The molecule has 0 bridgehead atoms. The Morgan fingerprint density at radius 2 is 2.28 bits per heavy atom. The summed E-state index contributed by atoms with van der Waals surface area (Å²) < 4.78 is 5.82. The van der Waals surface area contributed by atoms with Crippen molar-refractivity contribution < 1.29 is 4.74 Å². The van der Waals surface area contributed by atoms with Gasteiger partial charge in [-0.3, -0.25) is 0 Å². The summed E-state index contributed by atoms with van der Waals surface area (Å²) in [7, 11) is 0. The number of para-hydroxylation sites is 1. The van der Waals surface area contributed by atoms with Crippen LogP contribution in [0.3, 0.4) is 0 Å². The summed E-state index contributed by atoms with van der Waals surface area (Å²) >= 11 is 0. The highest BCUT2D eigenvalue weighted by Gasteiger charge is 2.15. The molecule has 2 rings (SSSR count). The molecule has 1 saturated heterocycles. The molecule has 18 heavy (non-hydrogen) atoms. The highest BCUT2D eigenvalue weighted by molar-refractivity contribution is 5.34. The third-order valence-electron chi connectivity index (χ3n) is 3.35. The van der Waals surface area contributed by atoms with Gasteiger partial charge in [0.15, 0.2) is 0 Å². The Morgan fingerprint density at radius 1 is 1.44 bits per heavy atom. The maximum absolute atomic E-state index is 5.82. The lowest BCUT2D eigenvalue weighted by Gasteiger charge is -2.23. The fourth-order valence-corrected chi connectivity index (χ4v) is 2.42. The van der Waals surface area contributed by atoms with Crippen molar-refractivity contribution in [3.8, 4) is 5.75 Å². The molecule has 1 unspecified atom stereocenters. The molecule has 0 spiro atoms. The van der Waals surface area contributed by atoms with Crippen molar-refractivity contribution in [3.05, 3.63) is 42.0 Å². The summed E-state index contributed by atoms with van der Waals surface area (Å²) in [5, 5.41) is 3.47. The molecule has 1 aliphatic rings. The van der Waals surface area contributed by atoms with E-state index in [1.54, 1.807) is 0 Å². The Bertz CT molecular complexity index is 394. The van der Waals surface area contributed by atoms with Crippen LogP contribution in [0.2, 0.25) is 0 Å². The summed E-state index contributed by atoms with van der Waals surface area (Å²) in [6.07, 6.45) is 3.72. The Balaban J connectivity index is 1.99. The van der Waals surface area contributed by atoms with E-state index in [4.69, 9.17) is 4.74 Å². The smallest absolute Gasteiger partial charge is 0.122 e. The van der Waals surface area contributed by atoms with Gasteiger partial charge in [-0.15, -0.1) is 0 Å². The Hall–Kier alpha value is -1.28. The fourth-order valence-electron chi connectivity index (χ4n) is 2.42. The van der Waals surface area contributed by atoms with Gasteiger partial charge in [0, 0.05) is 0 Å². The van der Waals surface area contributed by atoms with Gasteiger partial charge in [-0.2, -0.15) is 0 Å². The van der Waals surface area contributed by atoms with Crippen LogP contribution in [0.4, 0.5) is 0 Å². The summed E-state index contributed by atoms with van der Waals surface area (Å²) in [5.74, 6) is 1.76. The zero-order valence-electron chi connectivity index (χ0n) is 11.2. The third kappa shape index (κ3) is 3.88. The van der Waals surface area contributed by atoms with E-state index in [-0.39, 0.29) is 0 Å². The largest absolute Gasteiger partial charge is 0.489 e. The van der Waals surface area contributed by atoms with Gasteiger partial charge in [-0.05, 0) is 62.4 Å². The molecule has 0 aliphatic carbocycles. The van der Waals surface area contributed by atoms with Crippen LogP contribution < -0.4 is 10.1 Å². The van der Waals surface area contributed by atoms with E-state index in [2.05, 4.69) is 30.1 Å². The van der Waals surface area contributed by atoms with Crippen molar-refractivity contribution >= 4 is 0 Å². The van der Waals surface area contributed by atoms with Crippen LogP contribution in [0.5, 0.6) is 5.75 Å². The third-order valence-corrected chi connectivity index (χ3v) is 3.35. The van der Waals surface area contributed by atoms with Gasteiger partial charge in [0.05, 0.1) is 0 Å². The molecule has 1 aromatic carbocycles. The van der Waals surface area contributed by atoms with Crippen molar-refractivity contribution in [2.24, 2.45) is 5.92 Å². The van der Waals surface area contributed by atoms with Gasteiger partial charge in [0.25, 0.3) is 0 Å². The average Bonchev–Trinajstić information content (AvgIpc) is 2.39. The fraction of sp³-hybridized carbons (Fsp3) is 0.500. The maximum atomic E-state index is 5.82. The molecule has 1 aromatic rings. The molecule has 2 heteroatoms. The number of ether oxygens (including phenoxy) is 1. The summed E-state index contributed by atoms with van der Waals surface area (Å²) in [4.78, 5) is 0. The van der Waals surface area contributed by atoms with E-state index in [1.807, 2.05) is 13.0 Å². The van der Waals surface area contributed by atoms with Gasteiger partial charge in [-0.25, -0.2) is 0 Å². The minimum absolute atomic E-state index is 0.611. The SMILES string of the molecule is C=C(C)COc1ccccc1CC1CCCNC1. The standard InChI is InChI=1S/C16H23NO/c1-13(2)12-18-16-8-4-3-7-15(16)10-14-6-5-9-17-11-14/h3-4,7-8,14,17H,1,5-6,9-12H2,2H3. The normalized spacial score (nSPS) is 19.5. The van der Waals surface area contributed by atoms with Crippen molar-refractivity contribution in [1.82, 2.24) is 5.32 Å². The zero-order chi connectivity index (χ0) is 12.8. The van der Waals surface area contributed by atoms with Crippen molar-refractivity contribution in [1.29, 1.82) is 0 Å². The lowest BCUT2D eigenvalue weighted by atomic mass is 9.92. The van der Waals surface area contributed by atoms with Gasteiger partial charge in [0.2, 0.25) is 0 Å². The first-order valence-corrected chi connectivity index (χ1v) is 6.81. The minimum atomic E-state index is 0.611. The second-order valence-electron chi connectivity index (χ2n) is 5.27. The summed E-state index contributed by atoms with van der Waals surface area (Å²) in [6, 6.07) is 8.38.